The van der Waals surface area contributed by atoms with E-state index in [2.05, 4.69) is 93.2 Å². The number of ether oxygens (including phenoxy) is 1. The third-order valence-corrected chi connectivity index (χ3v) is 24.4. The number of pyridine rings is 1. The molecule has 17 atom stereocenters. The summed E-state index contributed by atoms with van der Waals surface area (Å²) in [4.78, 5) is 183. The van der Waals surface area contributed by atoms with Crippen LogP contribution in [0.25, 0.3) is 6.08 Å². The Morgan fingerprint density at radius 2 is 1.44 bits per heavy atom. The fourth-order valence-corrected chi connectivity index (χ4v) is 17.7. The summed E-state index contributed by atoms with van der Waals surface area (Å²) in [5.74, 6) is -11.5. The quantitative estimate of drug-likeness (QED) is 0.0504. The van der Waals surface area contributed by atoms with Gasteiger partial charge < -0.3 is 88.5 Å². The summed E-state index contributed by atoms with van der Waals surface area (Å²) in [6.07, 6.45) is -3.02. The summed E-state index contributed by atoms with van der Waals surface area (Å²) in [6.45, 7) is 24.9. The fraction of sp³-hybridized carbons (Fsp3) is 0.437. The molecular weight excluding hydrogens is 1590 g/mol. The first-order valence-electron chi connectivity index (χ1n) is 35.2. The molecule has 9 heterocycles. The first kappa shape index (κ1) is 85.6. The van der Waals surface area contributed by atoms with Gasteiger partial charge in [-0.25, -0.2) is 34.5 Å². The minimum absolute atomic E-state index is 0.0182. The average Bonchev–Trinajstić information content (AvgIpc) is 1.72. The third-order valence-electron chi connectivity index (χ3n) is 19.1. The molecule has 5 aromatic rings. The zero-order valence-electron chi connectivity index (χ0n) is 62.3. The smallest absolute Gasteiger partial charge is 0.357 e. The fourth-order valence-electron chi connectivity index (χ4n) is 12.4. The van der Waals surface area contributed by atoms with E-state index in [1.807, 2.05) is 5.32 Å². The number of fused-ring (bicyclic) bond motifs is 7. The highest BCUT2D eigenvalue weighted by Crippen LogP contribution is 2.49. The van der Waals surface area contributed by atoms with Crippen molar-refractivity contribution in [2.24, 2.45) is 10.9 Å². The van der Waals surface area contributed by atoms with Crippen LogP contribution in [0.2, 0.25) is 0 Å². The number of esters is 1. The van der Waals surface area contributed by atoms with Crippen molar-refractivity contribution in [3.63, 3.8) is 0 Å². The third kappa shape index (κ3) is 18.9. The second-order valence-corrected chi connectivity index (χ2v) is 32.8. The number of carboxylic acid groups (broad SMARTS) is 1. The summed E-state index contributed by atoms with van der Waals surface area (Å²) >= 11 is 11.0. The van der Waals surface area contributed by atoms with Crippen LogP contribution in [0.1, 0.15) is 198 Å². The van der Waals surface area contributed by atoms with E-state index in [9.17, 15) is 73.8 Å². The normalized spacial score (nSPS) is 27.5. The topological polar surface area (TPSA) is 540 Å². The molecule has 602 valence electrons. The molecule has 0 radical (unpaired) electrons. The number of aliphatic carboxylic acids is 1. The van der Waals surface area contributed by atoms with Crippen molar-refractivity contribution in [1.29, 1.82) is 0 Å². The number of thiazole rings is 4. The van der Waals surface area contributed by atoms with Crippen LogP contribution >= 0.6 is 69.3 Å². The Kier molecular flexibility index (Phi) is 26.7. The molecule has 13 bridgehead atoms. The number of rotatable bonds is 11. The lowest BCUT2D eigenvalue weighted by Crippen LogP contribution is -2.61. The highest BCUT2D eigenvalue weighted by Gasteiger charge is 2.52. The average molecular weight is 1670 g/mol. The van der Waals surface area contributed by atoms with Crippen molar-refractivity contribution >= 4 is 151 Å². The SMILES string of the molecule is C=C(NC(=O)C(=C)NC(=O)c1csc(C2CC[C@]34NC(=O)[C@H](C)NC(=O)C(=C)NC(=O)[C@H](C)NC(=O)[C@H](C(C)C)N[C@@H]5C=Cc6c([C@H](C)O)cc(nc6[C@H]5O)C(=O)O[C@H](C)[C@H](NC(=S)c5csc(n5)[C@H]([C@](C)(O)[C@@H](C)O)NC(=O)[C@H]5CSC(=N5)/C(=C/C)NC(=O)[C@H]([C@@H](C)O)NC(=O)c5csc3n5)c3nc(cs3)[C@H]4N2)n1)C(=O)O. The van der Waals surface area contributed by atoms with Gasteiger partial charge in [-0.1, -0.05) is 64.0 Å². The number of aliphatic imine (C=N–C) groups is 1. The number of thioether (sulfide) groups is 1. The summed E-state index contributed by atoms with van der Waals surface area (Å²) in [6, 6.07) is -11.8. The van der Waals surface area contributed by atoms with Crippen molar-refractivity contribution < 1.29 is 88.1 Å². The van der Waals surface area contributed by atoms with Gasteiger partial charge in [-0.2, -0.15) is 0 Å². The lowest BCUT2D eigenvalue weighted by atomic mass is 9.78. The largest absolute Gasteiger partial charge is 0.477 e. The molecule has 0 saturated carbocycles. The number of thiocarbonyl (C=S) groups is 1. The Bertz CT molecular complexity index is 4790. The van der Waals surface area contributed by atoms with Gasteiger partial charge in [0.15, 0.2) is 0 Å². The molecule has 9 amide bonds. The number of allylic oxidation sites excluding steroid dienone is 1. The first-order chi connectivity index (χ1) is 53.2. The highest BCUT2D eigenvalue weighted by atomic mass is 32.2. The Hall–Kier alpha value is -9.83. The lowest BCUT2D eigenvalue weighted by molar-refractivity contribution is -0.134. The Morgan fingerprint density at radius 3 is 2.12 bits per heavy atom. The molecule has 1 saturated heterocycles. The van der Waals surface area contributed by atoms with Gasteiger partial charge in [-0.05, 0) is 85.8 Å². The Morgan fingerprint density at radius 1 is 0.752 bits per heavy atom. The number of aromatic nitrogens is 5. The first-order valence-corrected chi connectivity index (χ1v) is 40.1. The maximum atomic E-state index is 15.4. The number of hydrogen-bond donors (Lipinski definition) is 18. The zero-order valence-corrected chi connectivity index (χ0v) is 67.2. The lowest BCUT2D eigenvalue weighted by Gasteiger charge is -2.46. The van der Waals surface area contributed by atoms with Crippen LogP contribution in [0.4, 0.5) is 0 Å². The number of cyclic esters (lactones) is 1. The number of aliphatic hydroxyl groups is 5. The summed E-state index contributed by atoms with van der Waals surface area (Å²) in [5, 5.41) is 106. The van der Waals surface area contributed by atoms with E-state index in [0.717, 1.165) is 57.1 Å². The van der Waals surface area contributed by atoms with E-state index in [4.69, 9.17) is 31.9 Å². The number of carbonyl (C=O) groups excluding carboxylic acids is 10. The van der Waals surface area contributed by atoms with Crippen molar-refractivity contribution in [1.82, 2.24) is 88.7 Å². The van der Waals surface area contributed by atoms with Crippen LogP contribution in [-0.4, -0.2) is 197 Å². The standard InChI is InChI=1S/C71H84N18O18S6/c1-14-37-63-82-43(22-109-63)59(100)88-52(70(13,106)34(12)92)66-84-45(24-112-66)62(108)87-48-33(11)107-68(105)40-19-36(31(9)90)35-15-16-38(50(93)49(35)78-40)77-46(25(2)3)60(101)75-28(6)54(95)72-26(4)53(94)73-29(7)56(97)89-71(69-85-44(23-113-69)58(99)86-47(32(10)91)61(102)80-37)18-17-39(79-51(71)41-20-111-65(48)81-41)64-83-42(21-110-64)57(98)74-27(5)55(96)76-30(8)67(103)104/h14-16,19-21,23-25,28-29,31-34,38-39,43,46-48,50-52,77,79,90-93,106H,4-5,8,17-18,22H2,1-3,6-7,9-13H3,(H,72,95)(H,73,94)(H,74,98)(H,75,101)(H,76,96)(H,80,102)(H,86,99)(H,87,108)(H,88,100)(H,89,97)(H,103,104)/b37-14-/t28-,29-,31-,32+,33+,34+,38+,39?,43+,46-,47-,48-,50-,51+,52+,70+,71+/m0/s1. The van der Waals surface area contributed by atoms with Gasteiger partial charge in [-0.15, -0.1) is 57.1 Å². The van der Waals surface area contributed by atoms with Crippen molar-refractivity contribution in [3.8, 4) is 0 Å². The predicted octanol–water partition coefficient (Wildman–Crippen LogP) is 1.36. The number of piperidine rings is 1. The summed E-state index contributed by atoms with van der Waals surface area (Å²) in [7, 11) is 0. The summed E-state index contributed by atoms with van der Waals surface area (Å²) < 4.78 is 6.35. The second kappa shape index (κ2) is 35.3. The molecule has 18 N–H and O–H groups in total. The van der Waals surface area contributed by atoms with Crippen LogP contribution in [0.15, 0.2) is 87.3 Å². The van der Waals surface area contributed by atoms with Gasteiger partial charge >= 0.3 is 11.9 Å². The molecule has 36 nitrogen and oxygen atoms in total. The number of nitrogens with one attached hydrogen (secondary N) is 12. The van der Waals surface area contributed by atoms with Crippen LogP contribution in [0.3, 0.4) is 0 Å². The van der Waals surface area contributed by atoms with E-state index >= 15 is 9.59 Å². The van der Waals surface area contributed by atoms with E-state index < -0.39 is 196 Å². The van der Waals surface area contributed by atoms with Gasteiger partial charge in [0.1, 0.15) is 118 Å². The Balaban J connectivity index is 1.16. The summed E-state index contributed by atoms with van der Waals surface area (Å²) in [5.41, 5.74) is -6.44. The number of hydrogen-bond acceptors (Lipinski definition) is 31. The van der Waals surface area contributed by atoms with Crippen LogP contribution in [0, 0.1) is 5.92 Å². The molecule has 1 fully saturated rings. The molecule has 1 unspecified atom stereocenters. The Labute approximate surface area is 671 Å². The molecule has 1 aliphatic carbocycles. The molecule has 0 aromatic carbocycles. The van der Waals surface area contributed by atoms with E-state index in [-0.39, 0.29) is 94.0 Å². The van der Waals surface area contributed by atoms with Gasteiger partial charge in [0.25, 0.3) is 23.6 Å². The number of carboxylic acids is 1. The molecule has 5 aliphatic rings. The van der Waals surface area contributed by atoms with E-state index in [1.165, 1.54) is 76.7 Å². The zero-order chi connectivity index (χ0) is 82.7. The van der Waals surface area contributed by atoms with E-state index in [0.29, 0.717) is 0 Å². The highest BCUT2D eigenvalue weighted by molar-refractivity contribution is 8.14. The second-order valence-electron chi connectivity index (χ2n) is 27.8. The van der Waals surface area contributed by atoms with Gasteiger partial charge in [-0.3, -0.25) is 58.8 Å². The minimum atomic E-state index is -2.14. The molecule has 4 aliphatic heterocycles. The number of carbonyl (C=O) groups is 11. The van der Waals surface area contributed by atoms with Gasteiger partial charge in [0.05, 0.1) is 71.0 Å². The minimum Gasteiger partial charge on any atom is -0.477 e. The van der Waals surface area contributed by atoms with Crippen LogP contribution in [-0.2, 0) is 48.6 Å². The number of nitrogens with zero attached hydrogens (tertiary/aromatic N) is 6. The molecule has 5 aromatic heterocycles. The molecule has 10 rings (SSSR count). The van der Waals surface area contributed by atoms with Crippen molar-refractivity contribution in [3.05, 3.63) is 148 Å². The van der Waals surface area contributed by atoms with Gasteiger partial charge in [0.2, 0.25) is 29.5 Å². The maximum Gasteiger partial charge on any atom is 0.357 e. The molecule has 42 heteroatoms. The number of aliphatic hydroxyl groups excluding tert-OH is 4. The van der Waals surface area contributed by atoms with Crippen LogP contribution < -0.4 is 63.8 Å². The maximum absolute atomic E-state index is 15.4. The molecule has 0 spiro atoms. The van der Waals surface area contributed by atoms with Crippen LogP contribution in [0.5, 0.6) is 0 Å². The van der Waals surface area contributed by atoms with Crippen molar-refractivity contribution in [2.75, 3.05) is 5.75 Å². The van der Waals surface area contributed by atoms with Crippen molar-refractivity contribution in [2.45, 2.75) is 184 Å². The van der Waals surface area contributed by atoms with E-state index in [1.54, 1.807) is 38.3 Å². The number of amides is 9. The predicted molar refractivity (Wildman–Crippen MR) is 419 cm³/mol. The molecule has 113 heavy (non-hydrogen) atoms. The van der Waals surface area contributed by atoms with Gasteiger partial charge in [0, 0.05) is 32.8 Å². The molecular formula is C71H84N18O18S6. The monoisotopic (exact) mass is 1670 g/mol.